The van der Waals surface area contributed by atoms with Crippen molar-refractivity contribution >= 4 is 64.6 Å². The summed E-state index contributed by atoms with van der Waals surface area (Å²) in [5, 5.41) is 3.72. The molecule has 0 radical (unpaired) electrons. The number of thiophene rings is 1. The number of fused-ring (bicyclic) bond motifs is 7. The predicted molar refractivity (Wildman–Crippen MR) is 203 cm³/mol. The van der Waals surface area contributed by atoms with Crippen LogP contribution in [0.15, 0.2) is 164 Å². The van der Waals surface area contributed by atoms with Gasteiger partial charge in [0.25, 0.3) is 0 Å². The number of rotatable bonds is 4. The summed E-state index contributed by atoms with van der Waals surface area (Å²) in [7, 11) is 0. The Kier molecular flexibility index (Phi) is 6.05. The molecule has 0 aliphatic rings. The van der Waals surface area contributed by atoms with Gasteiger partial charge in [-0.3, -0.25) is 4.57 Å². The molecule has 0 amide bonds. The summed E-state index contributed by atoms with van der Waals surface area (Å²) < 4.78 is 4.85. The van der Waals surface area contributed by atoms with Crippen molar-refractivity contribution in [2.45, 2.75) is 0 Å². The molecule has 3 nitrogen and oxygen atoms in total. The molecule has 224 valence electrons. The molecule has 0 fully saturated rings. The van der Waals surface area contributed by atoms with E-state index in [4.69, 9.17) is 9.97 Å². The average molecular weight is 630 g/mol. The van der Waals surface area contributed by atoms with Crippen molar-refractivity contribution in [2.24, 2.45) is 0 Å². The van der Waals surface area contributed by atoms with Crippen molar-refractivity contribution in [2.75, 3.05) is 0 Å². The Bertz CT molecular complexity index is 2830. The number of aromatic nitrogens is 3. The molecule has 0 aliphatic carbocycles. The van der Waals surface area contributed by atoms with Crippen molar-refractivity contribution < 1.29 is 0 Å². The van der Waals surface area contributed by atoms with Crippen molar-refractivity contribution in [1.82, 2.24) is 14.5 Å². The first-order chi connectivity index (χ1) is 23.8. The molecule has 0 spiro atoms. The van der Waals surface area contributed by atoms with Crippen LogP contribution in [0.3, 0.4) is 0 Å². The molecule has 0 saturated heterocycles. The second kappa shape index (κ2) is 10.7. The van der Waals surface area contributed by atoms with E-state index in [2.05, 4.69) is 162 Å². The van der Waals surface area contributed by atoms with Crippen LogP contribution >= 0.6 is 11.3 Å². The van der Waals surface area contributed by atoms with Gasteiger partial charge in [0.2, 0.25) is 0 Å². The van der Waals surface area contributed by atoms with Gasteiger partial charge in [0.15, 0.2) is 5.65 Å². The van der Waals surface area contributed by atoms with Gasteiger partial charge in [-0.15, -0.1) is 11.3 Å². The molecule has 10 aromatic rings. The fourth-order valence-electron chi connectivity index (χ4n) is 7.10. The van der Waals surface area contributed by atoms with Crippen LogP contribution in [0.25, 0.3) is 92.3 Å². The maximum absolute atomic E-state index is 5.28. The summed E-state index contributed by atoms with van der Waals surface area (Å²) >= 11 is 1.87. The second-order valence-electron chi connectivity index (χ2n) is 12.2. The van der Waals surface area contributed by atoms with E-state index in [0.717, 1.165) is 49.9 Å². The topological polar surface area (TPSA) is 30.7 Å². The van der Waals surface area contributed by atoms with Crippen molar-refractivity contribution in [3.63, 3.8) is 0 Å². The van der Waals surface area contributed by atoms with Crippen LogP contribution in [0.1, 0.15) is 0 Å². The zero-order chi connectivity index (χ0) is 31.6. The molecule has 3 aromatic heterocycles. The smallest absolute Gasteiger partial charge is 0.165 e. The minimum atomic E-state index is 0.868. The summed E-state index contributed by atoms with van der Waals surface area (Å²) in [4.78, 5) is 10.5. The summed E-state index contributed by atoms with van der Waals surface area (Å²) in [5.41, 5.74) is 12.8. The van der Waals surface area contributed by atoms with E-state index in [9.17, 15) is 0 Å². The third-order valence-electron chi connectivity index (χ3n) is 9.36. The van der Waals surface area contributed by atoms with Gasteiger partial charge in [-0.1, -0.05) is 109 Å². The maximum Gasteiger partial charge on any atom is 0.165 e. The lowest BCUT2D eigenvalue weighted by atomic mass is 9.92. The molecule has 0 unspecified atom stereocenters. The SMILES string of the molecule is c1ccc(-c2cc(-c3ccc4nc5c(nc4c3)c3ccccc3n5-c3ccccc3)cc(-c3cccc4c3sc3ccccc34)c2)cc1. The number of para-hydroxylation sites is 2. The highest BCUT2D eigenvalue weighted by molar-refractivity contribution is 7.26. The first-order valence-electron chi connectivity index (χ1n) is 16.2. The highest BCUT2D eigenvalue weighted by atomic mass is 32.1. The highest BCUT2D eigenvalue weighted by Crippen LogP contribution is 2.42. The summed E-state index contributed by atoms with van der Waals surface area (Å²) in [6.07, 6.45) is 0. The van der Waals surface area contributed by atoms with Gasteiger partial charge in [-0.2, -0.15) is 0 Å². The van der Waals surface area contributed by atoms with Gasteiger partial charge in [-0.05, 0) is 88.0 Å². The standard InChI is InChI=1S/C44H27N3S/c1-3-12-28(13-4-1)30-24-31(26-32(25-30)34-18-11-19-36-35-16-8-10-21-41(35)48-43(34)36)29-22-23-38-39(27-29)45-42-37-17-7-9-20-40(37)47(44(42)46-38)33-14-5-2-6-15-33/h1-27H. The van der Waals surface area contributed by atoms with E-state index in [-0.39, 0.29) is 0 Å². The van der Waals surface area contributed by atoms with Gasteiger partial charge in [0.1, 0.15) is 5.52 Å². The maximum atomic E-state index is 5.28. The van der Waals surface area contributed by atoms with E-state index in [1.807, 2.05) is 17.4 Å². The first-order valence-corrected chi connectivity index (χ1v) is 17.0. The molecule has 7 aromatic carbocycles. The molecule has 0 N–H and O–H groups in total. The number of hydrogen-bond acceptors (Lipinski definition) is 3. The fourth-order valence-corrected chi connectivity index (χ4v) is 8.34. The Morgan fingerprint density at radius 3 is 1.98 bits per heavy atom. The van der Waals surface area contributed by atoms with Crippen LogP contribution in [-0.2, 0) is 0 Å². The van der Waals surface area contributed by atoms with Gasteiger partial charge >= 0.3 is 0 Å². The molecule has 48 heavy (non-hydrogen) atoms. The Labute approximate surface area is 281 Å². The van der Waals surface area contributed by atoms with E-state index in [1.165, 1.54) is 42.4 Å². The lowest BCUT2D eigenvalue weighted by molar-refractivity contribution is 1.14. The monoisotopic (exact) mass is 629 g/mol. The Morgan fingerprint density at radius 1 is 0.438 bits per heavy atom. The minimum Gasteiger partial charge on any atom is -0.293 e. The molecule has 0 atom stereocenters. The molecular weight excluding hydrogens is 603 g/mol. The Hall–Kier alpha value is -6.10. The summed E-state index contributed by atoms with van der Waals surface area (Å²) in [5.74, 6) is 0. The zero-order valence-electron chi connectivity index (χ0n) is 25.8. The molecular formula is C44H27N3S. The first kappa shape index (κ1) is 27.1. The van der Waals surface area contributed by atoms with Crippen LogP contribution in [-0.4, -0.2) is 14.5 Å². The van der Waals surface area contributed by atoms with Gasteiger partial charge in [-0.25, -0.2) is 9.97 Å². The number of nitrogens with zero attached hydrogens (tertiary/aromatic N) is 3. The van der Waals surface area contributed by atoms with E-state index in [1.54, 1.807) is 0 Å². The van der Waals surface area contributed by atoms with Gasteiger partial charge in [0.05, 0.1) is 16.6 Å². The molecule has 10 rings (SSSR count). The van der Waals surface area contributed by atoms with Crippen LogP contribution in [0, 0.1) is 0 Å². The fraction of sp³-hybridized carbons (Fsp3) is 0. The molecule has 0 saturated carbocycles. The Balaban J connectivity index is 1.19. The third kappa shape index (κ3) is 4.27. The van der Waals surface area contributed by atoms with E-state index in [0.29, 0.717) is 0 Å². The lowest BCUT2D eigenvalue weighted by Crippen LogP contribution is -1.96. The van der Waals surface area contributed by atoms with Crippen LogP contribution in [0.2, 0.25) is 0 Å². The van der Waals surface area contributed by atoms with E-state index < -0.39 is 0 Å². The average Bonchev–Trinajstić information content (AvgIpc) is 3.70. The number of hydrogen-bond donors (Lipinski definition) is 0. The molecule has 3 heterocycles. The van der Waals surface area contributed by atoms with E-state index >= 15 is 0 Å². The van der Waals surface area contributed by atoms with Crippen molar-refractivity contribution in [1.29, 1.82) is 0 Å². The Morgan fingerprint density at radius 2 is 1.12 bits per heavy atom. The van der Waals surface area contributed by atoms with Crippen molar-refractivity contribution in [3.05, 3.63) is 164 Å². The van der Waals surface area contributed by atoms with Crippen LogP contribution in [0.5, 0.6) is 0 Å². The van der Waals surface area contributed by atoms with Gasteiger partial charge < -0.3 is 0 Å². The third-order valence-corrected chi connectivity index (χ3v) is 10.6. The lowest BCUT2D eigenvalue weighted by Gasteiger charge is -2.13. The summed E-state index contributed by atoms with van der Waals surface area (Å²) in [6.45, 7) is 0. The molecule has 0 bridgehead atoms. The van der Waals surface area contributed by atoms with Gasteiger partial charge in [0, 0.05) is 31.2 Å². The zero-order valence-corrected chi connectivity index (χ0v) is 26.7. The quantitative estimate of drug-likeness (QED) is 0.194. The second-order valence-corrected chi connectivity index (χ2v) is 13.3. The number of benzene rings is 7. The molecule has 0 aliphatic heterocycles. The molecule has 4 heteroatoms. The van der Waals surface area contributed by atoms with Crippen LogP contribution < -0.4 is 0 Å². The predicted octanol–water partition coefficient (Wildman–Crippen LogP) is 12.1. The van der Waals surface area contributed by atoms with Crippen LogP contribution in [0.4, 0.5) is 0 Å². The van der Waals surface area contributed by atoms with Crippen molar-refractivity contribution in [3.8, 4) is 39.1 Å². The largest absolute Gasteiger partial charge is 0.293 e. The summed E-state index contributed by atoms with van der Waals surface area (Å²) in [6, 6.07) is 58.4. The minimum absolute atomic E-state index is 0.868. The normalized spacial score (nSPS) is 11.8. The highest BCUT2D eigenvalue weighted by Gasteiger charge is 2.17.